The topological polar surface area (TPSA) is 127 Å². The van der Waals surface area contributed by atoms with Crippen LogP contribution in [-0.4, -0.2) is 75.6 Å². The molecular weight excluding hydrogens is 464 g/mol. The monoisotopic (exact) mass is 496 g/mol. The molecule has 188 valence electrons. The summed E-state index contributed by atoms with van der Waals surface area (Å²) in [5, 5.41) is 0.184. The highest BCUT2D eigenvalue weighted by molar-refractivity contribution is 8.00. The van der Waals surface area contributed by atoms with Gasteiger partial charge in [-0.05, 0) is 57.6 Å². The maximum atomic E-state index is 12.7. The summed E-state index contributed by atoms with van der Waals surface area (Å²) in [5.41, 5.74) is 0. The number of likely N-dealkylation sites (tertiary alicyclic amines) is 1. The van der Waals surface area contributed by atoms with Crippen molar-refractivity contribution in [2.24, 2.45) is 11.8 Å². The van der Waals surface area contributed by atoms with Gasteiger partial charge in [0.05, 0.1) is 11.2 Å². The summed E-state index contributed by atoms with van der Waals surface area (Å²) in [6, 6.07) is 0. The number of hydrogen-bond acceptors (Lipinski definition) is 9. The van der Waals surface area contributed by atoms with E-state index in [9.17, 15) is 28.8 Å². The first-order chi connectivity index (χ1) is 16.2. The van der Waals surface area contributed by atoms with Crippen LogP contribution >= 0.6 is 11.8 Å². The molecule has 0 aromatic rings. The fourth-order valence-corrected chi connectivity index (χ4v) is 5.40. The summed E-state index contributed by atoms with van der Waals surface area (Å²) < 4.78 is 5.42. The van der Waals surface area contributed by atoms with E-state index in [4.69, 9.17) is 9.57 Å². The maximum absolute atomic E-state index is 12.7. The van der Waals surface area contributed by atoms with E-state index in [2.05, 4.69) is 0 Å². The summed E-state index contributed by atoms with van der Waals surface area (Å²) in [7, 11) is 0. The molecule has 0 aromatic carbocycles. The van der Waals surface area contributed by atoms with Crippen LogP contribution in [-0.2, 0) is 38.3 Å². The van der Waals surface area contributed by atoms with Crippen LogP contribution in [0.15, 0.2) is 0 Å². The van der Waals surface area contributed by atoms with E-state index >= 15 is 0 Å². The number of nitrogens with zero attached hydrogens (tertiary/aromatic N) is 2. The lowest BCUT2D eigenvalue weighted by Gasteiger charge is -2.30. The number of imide groups is 2. The van der Waals surface area contributed by atoms with Crippen molar-refractivity contribution >= 4 is 47.1 Å². The Labute approximate surface area is 203 Å². The van der Waals surface area contributed by atoms with Crippen LogP contribution in [0.3, 0.4) is 0 Å². The third kappa shape index (κ3) is 6.65. The Morgan fingerprint density at radius 1 is 1.03 bits per heavy atom. The molecule has 34 heavy (non-hydrogen) atoms. The molecule has 4 amide bonds. The van der Waals surface area contributed by atoms with Gasteiger partial charge in [0.15, 0.2) is 5.78 Å². The fourth-order valence-electron chi connectivity index (χ4n) is 4.30. The van der Waals surface area contributed by atoms with Crippen LogP contribution in [0.1, 0.15) is 65.2 Å². The Hall–Kier alpha value is -2.27. The highest BCUT2D eigenvalue weighted by atomic mass is 32.2. The Morgan fingerprint density at radius 2 is 1.68 bits per heavy atom. The summed E-state index contributed by atoms with van der Waals surface area (Å²) in [4.78, 5) is 78.3. The third-order valence-electron chi connectivity index (χ3n) is 6.56. The molecule has 3 rings (SSSR count). The van der Waals surface area contributed by atoms with Crippen LogP contribution in [0, 0.1) is 11.8 Å². The van der Waals surface area contributed by atoms with E-state index in [0.29, 0.717) is 56.1 Å². The molecule has 2 atom stereocenters. The molecule has 0 radical (unpaired) electrons. The number of carbonyl (C=O) groups excluding carboxylic acids is 6. The second-order valence-corrected chi connectivity index (χ2v) is 10.4. The summed E-state index contributed by atoms with van der Waals surface area (Å²) in [5.74, 6) is -1.56. The number of Topliss-reactive ketones (excluding diaryl/α,β-unsaturated/α-hetero) is 1. The molecule has 2 saturated heterocycles. The smallest absolute Gasteiger partial charge is 0.336 e. The molecule has 3 aliphatic rings. The predicted molar refractivity (Wildman–Crippen MR) is 121 cm³/mol. The van der Waals surface area contributed by atoms with E-state index in [0.717, 1.165) is 0 Å². The lowest BCUT2D eigenvalue weighted by molar-refractivity contribution is -0.201. The molecule has 10 nitrogen and oxygen atoms in total. The molecule has 0 spiro atoms. The van der Waals surface area contributed by atoms with E-state index in [1.165, 1.54) is 23.6 Å². The summed E-state index contributed by atoms with van der Waals surface area (Å²) in [6.07, 6.45) is 2.91. The van der Waals surface area contributed by atoms with Crippen molar-refractivity contribution in [3.63, 3.8) is 0 Å². The largest absolute Gasteiger partial charge is 0.371 e. The SMILES string of the molecule is CC(=O)[C@H](C)OCCCSC1CC(=O)N(CC2CCC(C(=O)ON3C(=O)CCC3=O)CC2)C1=O. The minimum absolute atomic E-state index is 0.0254. The number of ether oxygens (including phenoxy) is 1. The predicted octanol–water partition coefficient (Wildman–Crippen LogP) is 1.64. The molecule has 2 heterocycles. The third-order valence-corrected chi connectivity index (χ3v) is 7.85. The first kappa shape index (κ1) is 26.3. The van der Waals surface area contributed by atoms with E-state index in [1.807, 2.05) is 0 Å². The van der Waals surface area contributed by atoms with Crippen LogP contribution in [0.4, 0.5) is 0 Å². The maximum Gasteiger partial charge on any atom is 0.336 e. The Kier molecular flexibility index (Phi) is 9.24. The summed E-state index contributed by atoms with van der Waals surface area (Å²) in [6.45, 7) is 3.96. The van der Waals surface area contributed by atoms with Crippen LogP contribution in [0.5, 0.6) is 0 Å². The molecular formula is C23H32N2O8S. The first-order valence-corrected chi connectivity index (χ1v) is 12.9. The van der Waals surface area contributed by atoms with E-state index in [-0.39, 0.29) is 48.0 Å². The lowest BCUT2D eigenvalue weighted by Crippen LogP contribution is -2.39. The van der Waals surface area contributed by atoms with Gasteiger partial charge in [0.1, 0.15) is 6.10 Å². The number of hydroxylamine groups is 2. The molecule has 11 heteroatoms. The van der Waals surface area contributed by atoms with Gasteiger partial charge in [0.2, 0.25) is 11.8 Å². The second kappa shape index (κ2) is 11.9. The molecule has 0 N–H and O–H groups in total. The van der Waals surface area contributed by atoms with Gasteiger partial charge in [-0.15, -0.1) is 16.8 Å². The van der Waals surface area contributed by atoms with Gasteiger partial charge in [-0.25, -0.2) is 4.79 Å². The van der Waals surface area contributed by atoms with E-state index < -0.39 is 29.8 Å². The fraction of sp³-hybridized carbons (Fsp3) is 0.739. The van der Waals surface area contributed by atoms with Crippen molar-refractivity contribution < 1.29 is 38.3 Å². The number of rotatable bonds is 11. The molecule has 2 aliphatic heterocycles. The minimum atomic E-state index is -0.575. The Balaban J connectivity index is 1.37. The Morgan fingerprint density at radius 3 is 2.29 bits per heavy atom. The van der Waals surface area contributed by atoms with Gasteiger partial charge in [-0.2, -0.15) is 0 Å². The van der Waals surface area contributed by atoms with Crippen molar-refractivity contribution in [1.82, 2.24) is 9.96 Å². The van der Waals surface area contributed by atoms with E-state index in [1.54, 1.807) is 6.92 Å². The Bertz CT molecular complexity index is 823. The highest BCUT2D eigenvalue weighted by Gasteiger charge is 2.41. The van der Waals surface area contributed by atoms with Crippen molar-refractivity contribution in [3.8, 4) is 0 Å². The number of thioether (sulfide) groups is 1. The zero-order valence-corrected chi connectivity index (χ0v) is 20.5. The quantitative estimate of drug-likeness (QED) is 0.310. The first-order valence-electron chi connectivity index (χ1n) is 11.8. The van der Waals surface area contributed by atoms with Crippen molar-refractivity contribution in [2.75, 3.05) is 18.9 Å². The van der Waals surface area contributed by atoms with Gasteiger partial charge in [0, 0.05) is 32.4 Å². The number of ketones is 1. The zero-order valence-electron chi connectivity index (χ0n) is 19.7. The average molecular weight is 497 g/mol. The number of hydrogen-bond donors (Lipinski definition) is 0. The van der Waals surface area contributed by atoms with Gasteiger partial charge >= 0.3 is 5.97 Å². The van der Waals surface area contributed by atoms with Gasteiger partial charge < -0.3 is 9.57 Å². The van der Waals surface area contributed by atoms with Crippen molar-refractivity contribution in [1.29, 1.82) is 0 Å². The van der Waals surface area contributed by atoms with Crippen LogP contribution in [0.25, 0.3) is 0 Å². The van der Waals surface area contributed by atoms with Crippen molar-refractivity contribution in [3.05, 3.63) is 0 Å². The van der Waals surface area contributed by atoms with Crippen molar-refractivity contribution in [2.45, 2.75) is 76.6 Å². The molecule has 0 bridgehead atoms. The van der Waals surface area contributed by atoms with Crippen LogP contribution in [0.2, 0.25) is 0 Å². The molecule has 1 unspecified atom stereocenters. The molecule has 1 saturated carbocycles. The van der Waals surface area contributed by atoms with Gasteiger partial charge in [-0.3, -0.25) is 28.9 Å². The minimum Gasteiger partial charge on any atom is -0.371 e. The van der Waals surface area contributed by atoms with Gasteiger partial charge in [0.25, 0.3) is 11.8 Å². The second-order valence-electron chi connectivity index (χ2n) is 9.09. The summed E-state index contributed by atoms with van der Waals surface area (Å²) >= 11 is 1.44. The number of carbonyl (C=O) groups is 6. The zero-order chi connectivity index (χ0) is 24.8. The standard InChI is InChI=1S/C23H32N2O8S/c1-14(26)15(2)32-10-3-11-34-18-12-21(29)24(22(18)30)13-16-4-6-17(7-5-16)23(31)33-25-19(27)8-9-20(25)28/h15-18H,3-13H2,1-2H3/t15-,16?,17?,18?/m0/s1. The lowest BCUT2D eigenvalue weighted by atomic mass is 9.82. The van der Waals surface area contributed by atoms with Gasteiger partial charge in [-0.1, -0.05) is 0 Å². The average Bonchev–Trinajstić information content (AvgIpc) is 3.26. The molecule has 0 aromatic heterocycles. The molecule has 1 aliphatic carbocycles. The normalized spacial score (nSPS) is 26.4. The van der Waals surface area contributed by atoms with Crippen LogP contribution < -0.4 is 0 Å². The number of amides is 4. The highest BCUT2D eigenvalue weighted by Crippen LogP contribution is 2.33. The molecule has 3 fully saturated rings.